The van der Waals surface area contributed by atoms with Crippen LogP contribution in [0.15, 0.2) is 23.2 Å². The summed E-state index contributed by atoms with van der Waals surface area (Å²) < 4.78 is 48.8. The molecule has 1 heterocycles. The molecular formula is C24H31F3N2O3. The summed E-state index contributed by atoms with van der Waals surface area (Å²) >= 11 is 0. The second kappa shape index (κ2) is 8.04. The predicted molar refractivity (Wildman–Crippen MR) is 115 cm³/mol. The molecule has 3 aliphatic rings. The molecule has 1 aromatic rings. The van der Waals surface area contributed by atoms with Gasteiger partial charge in [0.2, 0.25) is 0 Å². The first-order valence-corrected chi connectivity index (χ1v) is 11.3. The molecule has 2 spiro atoms. The zero-order chi connectivity index (χ0) is 23.3. The van der Waals surface area contributed by atoms with E-state index in [1.54, 1.807) is 31.2 Å². The summed E-state index contributed by atoms with van der Waals surface area (Å²) in [6.07, 6.45) is 0.443. The van der Waals surface area contributed by atoms with E-state index < -0.39 is 23.7 Å². The monoisotopic (exact) mass is 452 g/mol. The lowest BCUT2D eigenvalue weighted by Gasteiger charge is -2.45. The Morgan fingerprint density at radius 1 is 1.28 bits per heavy atom. The number of carbonyl (C=O) groups is 1. The molecule has 2 atom stereocenters. The number of nitrogens with zero attached hydrogens (tertiary/aromatic N) is 2. The maximum Gasteiger partial charge on any atom is 0.422 e. The zero-order valence-electron chi connectivity index (χ0n) is 19.1. The van der Waals surface area contributed by atoms with Crippen molar-refractivity contribution in [1.82, 2.24) is 4.90 Å². The predicted octanol–water partition coefficient (Wildman–Crippen LogP) is 4.87. The Labute approximate surface area is 187 Å². The van der Waals surface area contributed by atoms with Gasteiger partial charge in [-0.1, -0.05) is 19.9 Å². The Hall–Kier alpha value is -2.09. The van der Waals surface area contributed by atoms with Crippen LogP contribution in [0.4, 0.5) is 13.2 Å². The molecule has 1 saturated carbocycles. The van der Waals surface area contributed by atoms with Crippen molar-refractivity contribution in [2.75, 3.05) is 20.8 Å². The number of amidine groups is 1. The van der Waals surface area contributed by atoms with Crippen molar-refractivity contribution in [3.63, 3.8) is 0 Å². The lowest BCUT2D eigenvalue weighted by molar-refractivity contribution is -0.153. The van der Waals surface area contributed by atoms with E-state index in [-0.39, 0.29) is 23.7 Å². The van der Waals surface area contributed by atoms with E-state index in [1.807, 2.05) is 6.07 Å². The lowest BCUT2D eigenvalue weighted by Crippen LogP contribution is -2.51. The number of benzene rings is 1. The van der Waals surface area contributed by atoms with Crippen LogP contribution in [0.5, 0.6) is 5.75 Å². The number of alkyl halides is 3. The van der Waals surface area contributed by atoms with Gasteiger partial charge in [-0.25, -0.2) is 4.99 Å². The number of ether oxygens (including phenoxy) is 2. The second-order valence-corrected chi connectivity index (χ2v) is 9.47. The maximum atomic E-state index is 13.9. The molecule has 2 aliphatic carbocycles. The summed E-state index contributed by atoms with van der Waals surface area (Å²) in [4.78, 5) is 20.7. The van der Waals surface area contributed by atoms with Crippen molar-refractivity contribution in [3.8, 4) is 5.75 Å². The third kappa shape index (κ3) is 3.51. The Balaban J connectivity index is 1.82. The standard InChI is InChI=1S/C24H31F3N2O3/c1-5-15(2)20-28-24(21(30)29(20)3)19-12-18(32-14-23(25,26)27)7-6-16(19)13-22(24)10-8-17(31-4)9-11-22/h6-7,12,15,17H,5,8-11,13-14H2,1-4H3. The van der Waals surface area contributed by atoms with Crippen LogP contribution in [0.1, 0.15) is 57.1 Å². The first kappa shape index (κ1) is 23.1. The fraction of sp³-hybridized carbons (Fsp3) is 0.667. The number of carbonyl (C=O) groups excluding carboxylic acids is 1. The summed E-state index contributed by atoms with van der Waals surface area (Å²) in [5, 5.41) is 0. The number of halogens is 3. The second-order valence-electron chi connectivity index (χ2n) is 9.47. The molecule has 1 fully saturated rings. The van der Waals surface area contributed by atoms with E-state index in [2.05, 4.69) is 13.8 Å². The van der Waals surface area contributed by atoms with Crippen LogP contribution in [-0.2, 0) is 21.5 Å². The number of rotatable bonds is 5. The normalized spacial score (nSPS) is 30.7. The van der Waals surface area contributed by atoms with E-state index in [0.29, 0.717) is 12.0 Å². The average molecular weight is 453 g/mol. The average Bonchev–Trinajstić information content (AvgIpc) is 3.19. The van der Waals surface area contributed by atoms with Crippen LogP contribution in [0.3, 0.4) is 0 Å². The minimum atomic E-state index is -4.43. The topological polar surface area (TPSA) is 51.1 Å². The summed E-state index contributed by atoms with van der Waals surface area (Å²) in [6.45, 7) is 2.74. The Morgan fingerprint density at radius 3 is 2.56 bits per heavy atom. The lowest BCUT2D eigenvalue weighted by atomic mass is 9.61. The van der Waals surface area contributed by atoms with Crippen LogP contribution in [0, 0.1) is 11.3 Å². The molecule has 176 valence electrons. The molecule has 0 saturated heterocycles. The van der Waals surface area contributed by atoms with Crippen molar-refractivity contribution in [1.29, 1.82) is 0 Å². The van der Waals surface area contributed by atoms with Gasteiger partial charge in [-0.3, -0.25) is 4.79 Å². The Kier molecular flexibility index (Phi) is 5.80. The molecule has 2 unspecified atom stereocenters. The molecule has 0 radical (unpaired) electrons. The molecule has 8 heteroatoms. The molecule has 0 N–H and O–H groups in total. The molecular weight excluding hydrogens is 421 g/mol. The van der Waals surface area contributed by atoms with Crippen LogP contribution in [-0.4, -0.2) is 49.7 Å². The van der Waals surface area contributed by atoms with E-state index >= 15 is 0 Å². The highest BCUT2D eigenvalue weighted by molar-refractivity contribution is 6.10. The Bertz CT molecular complexity index is 922. The summed E-state index contributed by atoms with van der Waals surface area (Å²) in [7, 11) is 3.47. The first-order chi connectivity index (χ1) is 15.1. The van der Waals surface area contributed by atoms with Gasteiger partial charge in [0.15, 0.2) is 12.1 Å². The van der Waals surface area contributed by atoms with Crippen LogP contribution >= 0.6 is 0 Å². The third-order valence-corrected chi connectivity index (χ3v) is 7.69. The number of likely N-dealkylation sites (N-methyl/N-ethyl adjacent to an activating group) is 1. The first-order valence-electron chi connectivity index (χ1n) is 11.3. The fourth-order valence-corrected chi connectivity index (χ4v) is 5.78. The molecule has 0 bridgehead atoms. The van der Waals surface area contributed by atoms with E-state index in [0.717, 1.165) is 43.5 Å². The van der Waals surface area contributed by atoms with Crippen molar-refractivity contribution in [3.05, 3.63) is 29.3 Å². The molecule has 1 aromatic carbocycles. The van der Waals surface area contributed by atoms with Gasteiger partial charge in [0.05, 0.1) is 6.10 Å². The number of amides is 1. The number of methoxy groups -OCH3 is 1. The van der Waals surface area contributed by atoms with Crippen molar-refractivity contribution < 1.29 is 27.4 Å². The summed E-state index contributed by atoms with van der Waals surface area (Å²) in [5.74, 6) is 0.880. The third-order valence-electron chi connectivity index (χ3n) is 7.69. The summed E-state index contributed by atoms with van der Waals surface area (Å²) in [6, 6.07) is 5.00. The van der Waals surface area contributed by atoms with Gasteiger partial charge in [-0.2, -0.15) is 13.2 Å². The van der Waals surface area contributed by atoms with Crippen LogP contribution in [0.25, 0.3) is 0 Å². The number of fused-ring (bicyclic) bond motifs is 3. The minimum absolute atomic E-state index is 0.0876. The van der Waals surface area contributed by atoms with E-state index in [1.165, 1.54) is 0 Å². The van der Waals surface area contributed by atoms with Gasteiger partial charge < -0.3 is 14.4 Å². The number of aliphatic imine (C=N–C) groups is 1. The largest absolute Gasteiger partial charge is 0.484 e. The van der Waals surface area contributed by atoms with Crippen molar-refractivity contribution in [2.45, 2.75) is 70.2 Å². The highest BCUT2D eigenvalue weighted by Crippen LogP contribution is 2.62. The van der Waals surface area contributed by atoms with Crippen molar-refractivity contribution >= 4 is 11.7 Å². The highest BCUT2D eigenvalue weighted by Gasteiger charge is 2.66. The smallest absolute Gasteiger partial charge is 0.422 e. The van der Waals surface area contributed by atoms with E-state index in [9.17, 15) is 18.0 Å². The number of hydrogen-bond acceptors (Lipinski definition) is 4. The van der Waals surface area contributed by atoms with E-state index in [4.69, 9.17) is 14.5 Å². The number of hydrogen-bond donors (Lipinski definition) is 0. The Morgan fingerprint density at radius 2 is 1.97 bits per heavy atom. The van der Waals surface area contributed by atoms with Crippen molar-refractivity contribution in [2.24, 2.45) is 16.3 Å². The van der Waals surface area contributed by atoms with Gasteiger partial charge in [0, 0.05) is 25.5 Å². The molecule has 0 aromatic heterocycles. The summed E-state index contributed by atoms with van der Waals surface area (Å²) in [5.41, 5.74) is 0.138. The van der Waals surface area contributed by atoms with Gasteiger partial charge in [0.25, 0.3) is 5.91 Å². The molecule has 5 nitrogen and oxygen atoms in total. The zero-order valence-corrected chi connectivity index (χ0v) is 19.1. The van der Waals surface area contributed by atoms with Gasteiger partial charge in [-0.15, -0.1) is 0 Å². The SMILES string of the molecule is CCC(C)C1=NC2(C(=O)N1C)c1cc(OCC(F)(F)F)ccc1CC21CCC(OC)CC1. The highest BCUT2D eigenvalue weighted by atomic mass is 19.4. The van der Waals surface area contributed by atoms with Crippen LogP contribution < -0.4 is 4.74 Å². The van der Waals surface area contributed by atoms with Gasteiger partial charge >= 0.3 is 6.18 Å². The fourth-order valence-electron chi connectivity index (χ4n) is 5.78. The maximum absolute atomic E-state index is 13.9. The molecule has 1 aliphatic heterocycles. The van der Waals surface area contributed by atoms with Gasteiger partial charge in [-0.05, 0) is 61.8 Å². The molecule has 32 heavy (non-hydrogen) atoms. The van der Waals surface area contributed by atoms with Gasteiger partial charge in [0.1, 0.15) is 11.6 Å². The quantitative estimate of drug-likeness (QED) is 0.641. The van der Waals surface area contributed by atoms with Crippen LogP contribution in [0.2, 0.25) is 0 Å². The molecule has 4 rings (SSSR count). The minimum Gasteiger partial charge on any atom is -0.484 e. The molecule has 1 amide bonds.